The topological polar surface area (TPSA) is 73.6 Å². The van der Waals surface area contributed by atoms with E-state index in [-0.39, 0.29) is 5.91 Å². The summed E-state index contributed by atoms with van der Waals surface area (Å²) in [5.41, 5.74) is 4.54. The van der Waals surface area contributed by atoms with Gasteiger partial charge in [-0.25, -0.2) is 0 Å². The third kappa shape index (κ3) is 2.57. The minimum absolute atomic E-state index is 0.108. The van der Waals surface area contributed by atoms with Crippen molar-refractivity contribution >= 4 is 27.8 Å². The molecule has 3 heterocycles. The molecular formula is C18H16N4O. The van der Waals surface area contributed by atoms with Crippen LogP contribution in [-0.2, 0) is 6.42 Å². The Morgan fingerprint density at radius 1 is 1.13 bits per heavy atom. The molecule has 3 N–H and O–H groups in total. The van der Waals surface area contributed by atoms with Crippen LogP contribution in [0.3, 0.4) is 0 Å². The Balaban J connectivity index is 1.43. The zero-order chi connectivity index (χ0) is 15.6. The first-order valence-corrected chi connectivity index (χ1v) is 7.58. The molecule has 0 fully saturated rings. The minimum atomic E-state index is -0.108. The summed E-state index contributed by atoms with van der Waals surface area (Å²) in [5, 5.41) is 4.16. The van der Waals surface area contributed by atoms with Gasteiger partial charge < -0.3 is 15.3 Å². The number of nitrogens with one attached hydrogen (secondary N) is 3. The van der Waals surface area contributed by atoms with E-state index in [2.05, 4.69) is 32.4 Å². The number of aromatic amines is 2. The molecule has 0 aliphatic rings. The van der Waals surface area contributed by atoms with E-state index >= 15 is 0 Å². The molecule has 0 saturated heterocycles. The van der Waals surface area contributed by atoms with Crippen molar-refractivity contribution < 1.29 is 4.79 Å². The lowest BCUT2D eigenvalue weighted by atomic mass is 10.1. The second-order valence-corrected chi connectivity index (χ2v) is 5.48. The number of carbonyl (C=O) groups excluding carboxylic acids is 1. The largest absolute Gasteiger partial charge is 0.361 e. The standard InChI is InChI=1S/C18H16N4O/c23-18(17-10-16-15(22-17)6-3-8-19-16)20-9-7-12-11-21-14-5-2-1-4-13(12)14/h1-6,8,10-11,21-22H,7,9H2,(H,20,23). The van der Waals surface area contributed by atoms with Gasteiger partial charge in [-0.15, -0.1) is 0 Å². The van der Waals surface area contributed by atoms with E-state index in [1.165, 1.54) is 10.9 Å². The zero-order valence-corrected chi connectivity index (χ0v) is 12.5. The van der Waals surface area contributed by atoms with Gasteiger partial charge in [-0.1, -0.05) is 18.2 Å². The fourth-order valence-corrected chi connectivity index (χ4v) is 2.82. The molecule has 0 unspecified atom stereocenters. The average Bonchev–Trinajstić information content (AvgIpc) is 3.19. The van der Waals surface area contributed by atoms with E-state index in [1.54, 1.807) is 12.3 Å². The minimum Gasteiger partial charge on any atom is -0.361 e. The van der Waals surface area contributed by atoms with Crippen molar-refractivity contribution in [3.05, 3.63) is 66.1 Å². The molecule has 0 bridgehead atoms. The molecule has 1 aromatic carbocycles. The lowest BCUT2D eigenvalue weighted by molar-refractivity contribution is 0.0950. The maximum Gasteiger partial charge on any atom is 0.267 e. The van der Waals surface area contributed by atoms with Crippen LogP contribution in [0.4, 0.5) is 0 Å². The van der Waals surface area contributed by atoms with Gasteiger partial charge in [0, 0.05) is 29.8 Å². The summed E-state index contributed by atoms with van der Waals surface area (Å²) < 4.78 is 0. The highest BCUT2D eigenvalue weighted by molar-refractivity contribution is 5.97. The highest BCUT2D eigenvalue weighted by Crippen LogP contribution is 2.17. The molecule has 0 saturated carbocycles. The summed E-state index contributed by atoms with van der Waals surface area (Å²) in [4.78, 5) is 22.8. The molecule has 1 amide bonds. The van der Waals surface area contributed by atoms with Crippen molar-refractivity contribution in [1.82, 2.24) is 20.3 Å². The van der Waals surface area contributed by atoms with Crippen LogP contribution in [0, 0.1) is 0 Å². The van der Waals surface area contributed by atoms with Gasteiger partial charge in [0.1, 0.15) is 5.69 Å². The summed E-state index contributed by atoms with van der Waals surface area (Å²) in [5.74, 6) is -0.108. The summed E-state index contributed by atoms with van der Waals surface area (Å²) in [6.45, 7) is 0.587. The quantitative estimate of drug-likeness (QED) is 0.542. The molecule has 114 valence electrons. The number of pyridine rings is 1. The van der Waals surface area contributed by atoms with Crippen molar-refractivity contribution in [2.45, 2.75) is 6.42 Å². The number of amides is 1. The number of aromatic nitrogens is 3. The number of para-hydroxylation sites is 1. The van der Waals surface area contributed by atoms with Gasteiger partial charge in [-0.2, -0.15) is 0 Å². The number of hydrogen-bond acceptors (Lipinski definition) is 2. The van der Waals surface area contributed by atoms with Gasteiger partial charge in [0.05, 0.1) is 11.0 Å². The van der Waals surface area contributed by atoms with Gasteiger partial charge in [-0.3, -0.25) is 9.78 Å². The molecular weight excluding hydrogens is 288 g/mol. The molecule has 0 spiro atoms. The molecule has 0 aliphatic heterocycles. The maximum absolute atomic E-state index is 12.2. The van der Waals surface area contributed by atoms with Gasteiger partial charge in [0.25, 0.3) is 5.91 Å². The third-order valence-corrected chi connectivity index (χ3v) is 3.99. The number of rotatable bonds is 4. The lowest BCUT2D eigenvalue weighted by Gasteiger charge is -2.03. The van der Waals surface area contributed by atoms with Crippen LogP contribution in [0.1, 0.15) is 16.1 Å². The van der Waals surface area contributed by atoms with E-state index in [0.29, 0.717) is 12.2 Å². The molecule has 4 rings (SSSR count). The average molecular weight is 304 g/mol. The fourth-order valence-electron chi connectivity index (χ4n) is 2.82. The molecule has 4 aromatic rings. The first-order chi connectivity index (χ1) is 11.3. The Hall–Kier alpha value is -3.08. The molecule has 0 radical (unpaired) electrons. The van der Waals surface area contributed by atoms with E-state index in [9.17, 15) is 4.79 Å². The number of H-pyrrole nitrogens is 2. The Morgan fingerprint density at radius 3 is 2.91 bits per heavy atom. The molecule has 3 aromatic heterocycles. The SMILES string of the molecule is O=C(NCCc1c[nH]c2ccccc12)c1cc2ncccc2[nH]1. The Morgan fingerprint density at radius 2 is 2.00 bits per heavy atom. The maximum atomic E-state index is 12.2. The van der Waals surface area contributed by atoms with Crippen LogP contribution in [0.25, 0.3) is 21.9 Å². The van der Waals surface area contributed by atoms with Crippen LogP contribution in [0.5, 0.6) is 0 Å². The Kier molecular flexibility index (Phi) is 3.31. The first-order valence-electron chi connectivity index (χ1n) is 7.58. The van der Waals surface area contributed by atoms with Crippen molar-refractivity contribution in [3.8, 4) is 0 Å². The number of nitrogens with zero attached hydrogens (tertiary/aromatic N) is 1. The van der Waals surface area contributed by atoms with Gasteiger partial charge in [-0.05, 0) is 36.2 Å². The van der Waals surface area contributed by atoms with Crippen LogP contribution in [0.15, 0.2) is 54.9 Å². The predicted octanol–water partition coefficient (Wildman–Crippen LogP) is 3.02. The zero-order valence-electron chi connectivity index (χ0n) is 12.5. The fraction of sp³-hybridized carbons (Fsp3) is 0.111. The van der Waals surface area contributed by atoms with Crippen molar-refractivity contribution in [3.63, 3.8) is 0 Å². The van der Waals surface area contributed by atoms with Crippen molar-refractivity contribution in [2.75, 3.05) is 6.54 Å². The number of benzene rings is 1. The van der Waals surface area contributed by atoms with E-state index in [4.69, 9.17) is 0 Å². The second-order valence-electron chi connectivity index (χ2n) is 5.48. The molecule has 0 aliphatic carbocycles. The monoisotopic (exact) mass is 304 g/mol. The molecule has 5 heteroatoms. The lowest BCUT2D eigenvalue weighted by Crippen LogP contribution is -2.25. The summed E-state index contributed by atoms with van der Waals surface area (Å²) in [6.07, 6.45) is 4.51. The Labute approximate surface area is 132 Å². The van der Waals surface area contributed by atoms with E-state index in [1.807, 2.05) is 30.5 Å². The van der Waals surface area contributed by atoms with Crippen LogP contribution >= 0.6 is 0 Å². The predicted molar refractivity (Wildman–Crippen MR) is 90.4 cm³/mol. The van der Waals surface area contributed by atoms with Crippen molar-refractivity contribution in [2.24, 2.45) is 0 Å². The highest BCUT2D eigenvalue weighted by atomic mass is 16.1. The number of carbonyl (C=O) groups is 1. The first kappa shape index (κ1) is 13.6. The summed E-state index contributed by atoms with van der Waals surface area (Å²) >= 11 is 0. The van der Waals surface area contributed by atoms with Crippen LogP contribution in [-0.4, -0.2) is 27.4 Å². The highest BCUT2D eigenvalue weighted by Gasteiger charge is 2.10. The molecule has 5 nitrogen and oxygen atoms in total. The van der Waals surface area contributed by atoms with Gasteiger partial charge >= 0.3 is 0 Å². The third-order valence-electron chi connectivity index (χ3n) is 3.99. The van der Waals surface area contributed by atoms with Crippen molar-refractivity contribution in [1.29, 1.82) is 0 Å². The van der Waals surface area contributed by atoms with Crippen LogP contribution in [0.2, 0.25) is 0 Å². The summed E-state index contributed by atoms with van der Waals surface area (Å²) in [7, 11) is 0. The normalized spacial score (nSPS) is 11.1. The van der Waals surface area contributed by atoms with Gasteiger partial charge in [0.15, 0.2) is 0 Å². The smallest absolute Gasteiger partial charge is 0.267 e. The second kappa shape index (κ2) is 5.61. The summed E-state index contributed by atoms with van der Waals surface area (Å²) in [6, 6.07) is 13.7. The van der Waals surface area contributed by atoms with Gasteiger partial charge in [0.2, 0.25) is 0 Å². The number of hydrogen-bond donors (Lipinski definition) is 3. The van der Waals surface area contributed by atoms with E-state index < -0.39 is 0 Å². The molecule has 23 heavy (non-hydrogen) atoms. The Bertz CT molecular complexity index is 950. The number of fused-ring (bicyclic) bond motifs is 2. The van der Waals surface area contributed by atoms with Crippen LogP contribution < -0.4 is 5.32 Å². The molecule has 0 atom stereocenters. The van der Waals surface area contributed by atoms with E-state index in [0.717, 1.165) is 23.0 Å².